The summed E-state index contributed by atoms with van der Waals surface area (Å²) in [5.41, 5.74) is 1.83. The molecular weight excluding hydrogens is 228 g/mol. The van der Waals surface area contributed by atoms with Crippen molar-refractivity contribution in [3.63, 3.8) is 0 Å². The second kappa shape index (κ2) is 9.06. The van der Waals surface area contributed by atoms with E-state index in [9.17, 15) is 9.59 Å². The average Bonchev–Trinajstić information content (AvgIpc) is 2.39. The lowest BCUT2D eigenvalue weighted by Gasteiger charge is -2.02. The van der Waals surface area contributed by atoms with Gasteiger partial charge in [-0.3, -0.25) is 0 Å². The van der Waals surface area contributed by atoms with Gasteiger partial charge in [-0.15, -0.1) is 0 Å². The maximum atomic E-state index is 10.1. The van der Waals surface area contributed by atoms with E-state index >= 15 is 0 Å². The fraction of sp³-hybridized carbons (Fsp3) is 0.429. The lowest BCUT2D eigenvalue weighted by atomic mass is 10.1. The molecule has 0 bridgehead atoms. The van der Waals surface area contributed by atoms with Crippen molar-refractivity contribution in [2.24, 2.45) is 9.98 Å². The number of isocyanates is 2. The van der Waals surface area contributed by atoms with Crippen LogP contribution < -0.4 is 0 Å². The van der Waals surface area contributed by atoms with E-state index in [0.29, 0.717) is 12.2 Å². The van der Waals surface area contributed by atoms with E-state index in [0.717, 1.165) is 32.1 Å². The SMILES string of the molecule is O=C=NCCCCCCc1cccc(N=C=O)c1. The molecule has 0 amide bonds. The lowest BCUT2D eigenvalue weighted by Crippen LogP contribution is -1.87. The minimum atomic E-state index is 0.576. The summed E-state index contributed by atoms with van der Waals surface area (Å²) in [7, 11) is 0. The van der Waals surface area contributed by atoms with Crippen molar-refractivity contribution >= 4 is 17.8 Å². The molecule has 0 spiro atoms. The van der Waals surface area contributed by atoms with Crippen molar-refractivity contribution in [2.75, 3.05) is 6.54 Å². The van der Waals surface area contributed by atoms with Crippen LogP contribution in [-0.2, 0) is 16.0 Å². The molecule has 1 aromatic rings. The Labute approximate surface area is 106 Å². The van der Waals surface area contributed by atoms with E-state index in [1.807, 2.05) is 18.2 Å². The third-order valence-electron chi connectivity index (χ3n) is 2.64. The van der Waals surface area contributed by atoms with E-state index in [-0.39, 0.29) is 0 Å². The molecular formula is C14H16N2O2. The van der Waals surface area contributed by atoms with Crippen molar-refractivity contribution < 1.29 is 9.59 Å². The first kappa shape index (κ1) is 14.0. The van der Waals surface area contributed by atoms with Crippen LogP contribution in [0.1, 0.15) is 31.2 Å². The Morgan fingerprint density at radius 2 is 1.83 bits per heavy atom. The van der Waals surface area contributed by atoms with Crippen molar-refractivity contribution in [2.45, 2.75) is 32.1 Å². The summed E-state index contributed by atoms with van der Waals surface area (Å²) in [6.45, 7) is 0.576. The second-order valence-corrected chi connectivity index (χ2v) is 4.01. The number of hydrogen-bond acceptors (Lipinski definition) is 4. The molecule has 0 saturated heterocycles. The third kappa shape index (κ3) is 5.90. The number of unbranched alkanes of at least 4 members (excludes halogenated alkanes) is 3. The number of rotatable bonds is 8. The van der Waals surface area contributed by atoms with Gasteiger partial charge >= 0.3 is 0 Å². The van der Waals surface area contributed by atoms with Crippen LogP contribution >= 0.6 is 0 Å². The molecule has 0 unspecified atom stereocenters. The first-order valence-corrected chi connectivity index (χ1v) is 6.07. The molecule has 0 aromatic heterocycles. The first-order valence-electron chi connectivity index (χ1n) is 6.07. The normalized spacial score (nSPS) is 9.33. The zero-order valence-electron chi connectivity index (χ0n) is 10.3. The molecule has 0 aliphatic rings. The van der Waals surface area contributed by atoms with Crippen LogP contribution in [-0.4, -0.2) is 18.7 Å². The molecule has 18 heavy (non-hydrogen) atoms. The van der Waals surface area contributed by atoms with Gasteiger partial charge in [0.25, 0.3) is 0 Å². The lowest BCUT2D eigenvalue weighted by molar-refractivity contribution is 0.561. The molecule has 4 heteroatoms. The van der Waals surface area contributed by atoms with Crippen LogP contribution in [0.4, 0.5) is 5.69 Å². The van der Waals surface area contributed by atoms with E-state index in [4.69, 9.17) is 0 Å². The molecule has 0 atom stereocenters. The summed E-state index contributed by atoms with van der Waals surface area (Å²) in [6, 6.07) is 7.61. The fourth-order valence-electron chi connectivity index (χ4n) is 1.75. The topological polar surface area (TPSA) is 58.9 Å². The van der Waals surface area contributed by atoms with Gasteiger partial charge in [-0.05, 0) is 37.0 Å². The van der Waals surface area contributed by atoms with Gasteiger partial charge in [-0.25, -0.2) is 14.6 Å². The van der Waals surface area contributed by atoms with Crippen molar-refractivity contribution in [1.82, 2.24) is 0 Å². The molecule has 94 valence electrons. The van der Waals surface area contributed by atoms with Gasteiger partial charge in [0, 0.05) is 0 Å². The predicted octanol–water partition coefficient (Wildman–Crippen LogP) is 3.09. The highest BCUT2D eigenvalue weighted by atomic mass is 16.1. The zero-order chi connectivity index (χ0) is 13.1. The van der Waals surface area contributed by atoms with Gasteiger partial charge in [0.1, 0.15) is 0 Å². The number of nitrogens with zero attached hydrogens (tertiary/aromatic N) is 2. The molecule has 0 heterocycles. The van der Waals surface area contributed by atoms with Crippen LogP contribution in [0.3, 0.4) is 0 Å². The number of aliphatic imine (C=N–C) groups is 2. The van der Waals surface area contributed by atoms with Gasteiger partial charge < -0.3 is 0 Å². The summed E-state index contributed by atoms with van der Waals surface area (Å²) in [5.74, 6) is 0. The predicted molar refractivity (Wildman–Crippen MR) is 69.4 cm³/mol. The van der Waals surface area contributed by atoms with E-state index in [1.165, 1.54) is 11.6 Å². The molecule has 0 aliphatic carbocycles. The molecule has 0 saturated carbocycles. The van der Waals surface area contributed by atoms with Gasteiger partial charge in [0.15, 0.2) is 0 Å². The summed E-state index contributed by atoms with van der Waals surface area (Å²) < 4.78 is 0. The van der Waals surface area contributed by atoms with Crippen LogP contribution in [0.2, 0.25) is 0 Å². The quantitative estimate of drug-likeness (QED) is 0.401. The summed E-state index contributed by atoms with van der Waals surface area (Å²) >= 11 is 0. The molecule has 0 N–H and O–H groups in total. The van der Waals surface area contributed by atoms with E-state index < -0.39 is 0 Å². The van der Waals surface area contributed by atoms with E-state index in [2.05, 4.69) is 9.98 Å². The Kier molecular flexibility index (Phi) is 7.07. The van der Waals surface area contributed by atoms with E-state index in [1.54, 1.807) is 12.1 Å². The number of carbonyl (C=O) groups excluding carboxylic acids is 2. The first-order chi connectivity index (χ1) is 8.86. The molecule has 0 fully saturated rings. The Hall–Kier alpha value is -2.02. The fourth-order valence-corrected chi connectivity index (χ4v) is 1.75. The highest BCUT2D eigenvalue weighted by molar-refractivity contribution is 5.49. The largest absolute Gasteiger partial charge is 0.240 e. The maximum Gasteiger partial charge on any atom is 0.240 e. The van der Waals surface area contributed by atoms with Crippen molar-refractivity contribution in [1.29, 1.82) is 0 Å². The average molecular weight is 244 g/mol. The highest BCUT2D eigenvalue weighted by Crippen LogP contribution is 2.15. The summed E-state index contributed by atoms with van der Waals surface area (Å²) in [5, 5.41) is 0. The molecule has 4 nitrogen and oxygen atoms in total. The van der Waals surface area contributed by atoms with Crippen LogP contribution in [0.25, 0.3) is 0 Å². The maximum absolute atomic E-state index is 10.1. The second-order valence-electron chi connectivity index (χ2n) is 4.01. The smallest absolute Gasteiger partial charge is 0.211 e. The summed E-state index contributed by atoms with van der Waals surface area (Å²) in [6.07, 6.45) is 8.24. The minimum absolute atomic E-state index is 0.576. The highest BCUT2D eigenvalue weighted by Gasteiger charge is 1.96. The van der Waals surface area contributed by atoms with Crippen molar-refractivity contribution in [3.8, 4) is 0 Å². The minimum Gasteiger partial charge on any atom is -0.211 e. The molecule has 0 aliphatic heterocycles. The molecule has 1 aromatic carbocycles. The third-order valence-corrected chi connectivity index (χ3v) is 2.64. The number of benzene rings is 1. The van der Waals surface area contributed by atoms with Crippen LogP contribution in [0.15, 0.2) is 34.3 Å². The van der Waals surface area contributed by atoms with Gasteiger partial charge in [0.2, 0.25) is 12.2 Å². The van der Waals surface area contributed by atoms with Crippen LogP contribution in [0.5, 0.6) is 0 Å². The molecule has 0 radical (unpaired) electrons. The Bertz CT molecular complexity index is 459. The Morgan fingerprint density at radius 1 is 1.00 bits per heavy atom. The zero-order valence-corrected chi connectivity index (χ0v) is 10.3. The molecule has 1 rings (SSSR count). The Morgan fingerprint density at radius 3 is 2.61 bits per heavy atom. The van der Waals surface area contributed by atoms with Crippen molar-refractivity contribution in [3.05, 3.63) is 29.8 Å². The van der Waals surface area contributed by atoms with Gasteiger partial charge in [-0.2, -0.15) is 4.99 Å². The van der Waals surface area contributed by atoms with Gasteiger partial charge in [-0.1, -0.05) is 25.0 Å². The number of aryl methyl sites for hydroxylation is 1. The number of hydrogen-bond donors (Lipinski definition) is 0. The standard InChI is InChI=1S/C14H16N2O2/c17-11-15-9-4-2-1-3-6-13-7-5-8-14(10-13)16-12-18/h5,7-8,10H,1-4,6,9H2. The van der Waals surface area contributed by atoms with Crippen LogP contribution in [0, 0.1) is 0 Å². The monoisotopic (exact) mass is 244 g/mol. The van der Waals surface area contributed by atoms with Gasteiger partial charge in [0.05, 0.1) is 12.2 Å². The Balaban J connectivity index is 2.24. The summed E-state index contributed by atoms with van der Waals surface area (Å²) in [4.78, 5) is 27.1.